The second-order valence-corrected chi connectivity index (χ2v) is 3.67. The molecule has 17 heavy (non-hydrogen) atoms. The fraction of sp³-hybridized carbons (Fsp3) is 0.167. The van der Waals surface area contributed by atoms with E-state index in [0.29, 0.717) is 18.2 Å². The Morgan fingerprint density at radius 2 is 1.65 bits per heavy atom. The minimum atomic E-state index is 0.0643. The normalized spacial score (nSPS) is 10.2. The Hall–Kier alpha value is -2.14. The van der Waals surface area contributed by atoms with Gasteiger partial charge in [-0.2, -0.15) is 0 Å². The van der Waals surface area contributed by atoms with Gasteiger partial charge < -0.3 is 16.2 Å². The van der Waals surface area contributed by atoms with Crippen LogP contribution in [0.25, 0.3) is 0 Å². The number of hydrogen-bond acceptors (Lipinski definition) is 5. The maximum Gasteiger partial charge on any atom is 0.222 e. The predicted octanol–water partition coefficient (Wildman–Crippen LogP) is 1.16. The number of anilines is 2. The Balaban J connectivity index is 1.95. The van der Waals surface area contributed by atoms with E-state index < -0.39 is 0 Å². The van der Waals surface area contributed by atoms with Gasteiger partial charge in [0, 0.05) is 6.54 Å². The van der Waals surface area contributed by atoms with Crippen LogP contribution < -0.4 is 11.1 Å². The zero-order valence-corrected chi connectivity index (χ0v) is 9.30. The van der Waals surface area contributed by atoms with E-state index in [9.17, 15) is 0 Å². The second-order valence-electron chi connectivity index (χ2n) is 3.67. The Labute approximate surface area is 99.3 Å². The van der Waals surface area contributed by atoms with E-state index in [2.05, 4.69) is 15.3 Å². The van der Waals surface area contributed by atoms with Crippen LogP contribution in [-0.2, 0) is 13.2 Å². The smallest absolute Gasteiger partial charge is 0.222 e. The number of benzene rings is 1. The highest BCUT2D eigenvalue weighted by Gasteiger charge is 1.97. The van der Waals surface area contributed by atoms with Gasteiger partial charge in [0.2, 0.25) is 5.95 Å². The van der Waals surface area contributed by atoms with E-state index in [-0.39, 0.29) is 6.61 Å². The number of aliphatic hydroxyl groups is 1. The average Bonchev–Trinajstić information content (AvgIpc) is 2.39. The molecule has 1 heterocycles. The molecule has 0 radical (unpaired) electrons. The topological polar surface area (TPSA) is 84.1 Å². The number of nitrogens with zero attached hydrogens (tertiary/aromatic N) is 2. The molecule has 0 saturated heterocycles. The Morgan fingerprint density at radius 1 is 1.06 bits per heavy atom. The van der Waals surface area contributed by atoms with Crippen molar-refractivity contribution < 1.29 is 5.11 Å². The molecule has 0 atom stereocenters. The highest BCUT2D eigenvalue weighted by Crippen LogP contribution is 2.07. The number of nitrogens with one attached hydrogen (secondary N) is 1. The van der Waals surface area contributed by atoms with Crippen LogP contribution in [0.5, 0.6) is 0 Å². The summed E-state index contributed by atoms with van der Waals surface area (Å²) in [5.41, 5.74) is 8.03. The van der Waals surface area contributed by atoms with Crippen molar-refractivity contribution in [2.75, 3.05) is 11.1 Å². The molecule has 0 amide bonds. The zero-order chi connectivity index (χ0) is 12.1. The molecule has 0 fully saturated rings. The monoisotopic (exact) mass is 230 g/mol. The number of nitrogen functional groups attached to an aromatic ring is 1. The Kier molecular flexibility index (Phi) is 3.52. The van der Waals surface area contributed by atoms with Crippen LogP contribution >= 0.6 is 0 Å². The van der Waals surface area contributed by atoms with E-state index in [0.717, 1.165) is 11.1 Å². The largest absolute Gasteiger partial charge is 0.396 e. The van der Waals surface area contributed by atoms with E-state index in [1.54, 1.807) is 12.4 Å². The summed E-state index contributed by atoms with van der Waals surface area (Å²) in [7, 11) is 0. The molecule has 0 saturated carbocycles. The molecule has 2 aromatic rings. The first-order valence-corrected chi connectivity index (χ1v) is 5.28. The molecule has 88 valence electrons. The molecule has 0 unspecified atom stereocenters. The molecule has 0 aliphatic carbocycles. The van der Waals surface area contributed by atoms with Crippen molar-refractivity contribution in [2.45, 2.75) is 13.2 Å². The van der Waals surface area contributed by atoms with Gasteiger partial charge in [0.15, 0.2) is 0 Å². The van der Waals surface area contributed by atoms with Crippen LogP contribution in [0.2, 0.25) is 0 Å². The number of aliphatic hydroxyl groups excluding tert-OH is 1. The van der Waals surface area contributed by atoms with Crippen LogP contribution in [0.1, 0.15) is 11.1 Å². The van der Waals surface area contributed by atoms with Gasteiger partial charge in [-0.1, -0.05) is 24.3 Å². The molecular formula is C12H14N4O. The van der Waals surface area contributed by atoms with E-state index in [4.69, 9.17) is 10.8 Å². The van der Waals surface area contributed by atoms with E-state index >= 15 is 0 Å². The number of rotatable bonds is 4. The van der Waals surface area contributed by atoms with E-state index in [1.807, 2.05) is 24.3 Å². The molecule has 0 aliphatic rings. The average molecular weight is 230 g/mol. The fourth-order valence-corrected chi connectivity index (χ4v) is 1.37. The second kappa shape index (κ2) is 5.27. The van der Waals surface area contributed by atoms with Crippen molar-refractivity contribution in [2.24, 2.45) is 0 Å². The summed E-state index contributed by atoms with van der Waals surface area (Å²) in [4.78, 5) is 8.08. The molecule has 5 heteroatoms. The van der Waals surface area contributed by atoms with Gasteiger partial charge in [0.1, 0.15) is 0 Å². The van der Waals surface area contributed by atoms with Gasteiger partial charge in [-0.15, -0.1) is 0 Å². The van der Waals surface area contributed by atoms with Crippen LogP contribution in [0.4, 0.5) is 11.6 Å². The number of nitrogens with two attached hydrogens (primary N) is 1. The summed E-state index contributed by atoms with van der Waals surface area (Å²) in [6.07, 6.45) is 3.12. The molecule has 5 nitrogen and oxygen atoms in total. The maximum atomic E-state index is 8.91. The predicted molar refractivity (Wildman–Crippen MR) is 66.1 cm³/mol. The lowest BCUT2D eigenvalue weighted by Gasteiger charge is -2.05. The summed E-state index contributed by atoms with van der Waals surface area (Å²) in [5, 5.41) is 12.0. The minimum absolute atomic E-state index is 0.0643. The SMILES string of the molecule is Nc1cnc(NCc2ccc(CO)cc2)nc1. The van der Waals surface area contributed by atoms with Crippen LogP contribution in [0.3, 0.4) is 0 Å². The third-order valence-electron chi connectivity index (χ3n) is 2.33. The quantitative estimate of drug-likeness (QED) is 0.734. The molecule has 0 spiro atoms. The van der Waals surface area contributed by atoms with Gasteiger partial charge in [-0.05, 0) is 11.1 Å². The molecule has 0 bridgehead atoms. The van der Waals surface area contributed by atoms with Crippen molar-refractivity contribution in [3.8, 4) is 0 Å². The molecule has 4 N–H and O–H groups in total. The van der Waals surface area contributed by atoms with Crippen LogP contribution in [0, 0.1) is 0 Å². The number of aromatic nitrogens is 2. The first-order chi connectivity index (χ1) is 8.28. The molecule has 1 aromatic carbocycles. The summed E-state index contributed by atoms with van der Waals surface area (Å²) < 4.78 is 0. The minimum Gasteiger partial charge on any atom is -0.396 e. The van der Waals surface area contributed by atoms with Crippen molar-refractivity contribution in [1.29, 1.82) is 0 Å². The van der Waals surface area contributed by atoms with Crippen molar-refractivity contribution in [3.05, 3.63) is 47.8 Å². The standard InChI is InChI=1S/C12H14N4O/c13-11-6-15-12(16-7-11)14-5-9-1-3-10(8-17)4-2-9/h1-4,6-7,17H,5,8,13H2,(H,14,15,16). The third kappa shape index (κ3) is 3.15. The number of hydrogen-bond donors (Lipinski definition) is 3. The lowest BCUT2D eigenvalue weighted by atomic mass is 10.1. The Morgan fingerprint density at radius 3 is 2.24 bits per heavy atom. The molecular weight excluding hydrogens is 216 g/mol. The summed E-state index contributed by atoms with van der Waals surface area (Å²) in [6, 6.07) is 7.69. The third-order valence-corrected chi connectivity index (χ3v) is 2.33. The van der Waals surface area contributed by atoms with Crippen molar-refractivity contribution in [1.82, 2.24) is 9.97 Å². The maximum absolute atomic E-state index is 8.91. The van der Waals surface area contributed by atoms with Gasteiger partial charge in [0.05, 0.1) is 24.7 Å². The highest BCUT2D eigenvalue weighted by atomic mass is 16.3. The lowest BCUT2D eigenvalue weighted by molar-refractivity contribution is 0.282. The van der Waals surface area contributed by atoms with Gasteiger partial charge in [0.25, 0.3) is 0 Å². The van der Waals surface area contributed by atoms with Crippen LogP contribution in [-0.4, -0.2) is 15.1 Å². The first-order valence-electron chi connectivity index (χ1n) is 5.28. The lowest BCUT2D eigenvalue weighted by Crippen LogP contribution is -2.03. The van der Waals surface area contributed by atoms with Crippen molar-refractivity contribution in [3.63, 3.8) is 0 Å². The van der Waals surface area contributed by atoms with Gasteiger partial charge in [-0.25, -0.2) is 9.97 Å². The zero-order valence-electron chi connectivity index (χ0n) is 9.30. The summed E-state index contributed by atoms with van der Waals surface area (Å²) >= 11 is 0. The first kappa shape index (κ1) is 11.3. The van der Waals surface area contributed by atoms with Crippen LogP contribution in [0.15, 0.2) is 36.7 Å². The fourth-order valence-electron chi connectivity index (χ4n) is 1.37. The Bertz CT molecular complexity index is 467. The van der Waals surface area contributed by atoms with Gasteiger partial charge in [-0.3, -0.25) is 0 Å². The summed E-state index contributed by atoms with van der Waals surface area (Å²) in [5.74, 6) is 0.547. The van der Waals surface area contributed by atoms with E-state index in [1.165, 1.54) is 0 Å². The summed E-state index contributed by atoms with van der Waals surface area (Å²) in [6.45, 7) is 0.699. The molecule has 2 rings (SSSR count). The highest BCUT2D eigenvalue weighted by molar-refractivity contribution is 5.36. The molecule has 1 aromatic heterocycles. The van der Waals surface area contributed by atoms with Crippen molar-refractivity contribution >= 4 is 11.6 Å². The van der Waals surface area contributed by atoms with Gasteiger partial charge >= 0.3 is 0 Å². The molecule has 0 aliphatic heterocycles.